The lowest BCUT2D eigenvalue weighted by Gasteiger charge is -1.84. The van der Waals surface area contributed by atoms with E-state index < -0.39 is 5.97 Å². The summed E-state index contributed by atoms with van der Waals surface area (Å²) in [7, 11) is 0. The van der Waals surface area contributed by atoms with Crippen molar-refractivity contribution in [3.63, 3.8) is 0 Å². The number of carbonyl (C=O) groups is 1. The number of aryl methyl sites for hydroxylation is 1. The Kier molecular flexibility index (Phi) is 2.10. The zero-order valence-electron chi connectivity index (χ0n) is 6.37. The number of carboxylic acid groups (broad SMARTS) is 1. The highest BCUT2D eigenvalue weighted by atomic mass is 16.4. The summed E-state index contributed by atoms with van der Waals surface area (Å²) < 4.78 is 4.90. The SMILES string of the molecule is Cc1oc(CC(=O)O)nc1C#N. The molecule has 1 aromatic rings. The molecule has 1 rings (SSSR count). The number of aromatic nitrogens is 1. The van der Waals surface area contributed by atoms with Crippen LogP contribution in [0.15, 0.2) is 4.42 Å². The fourth-order valence-electron chi connectivity index (χ4n) is 0.760. The molecule has 0 radical (unpaired) electrons. The molecule has 1 heterocycles. The lowest BCUT2D eigenvalue weighted by Crippen LogP contribution is -1.99. The molecule has 0 atom stereocenters. The Balaban J connectivity index is 2.91. The van der Waals surface area contributed by atoms with E-state index in [0.717, 1.165) is 0 Å². The maximum atomic E-state index is 10.2. The number of hydrogen-bond donors (Lipinski definition) is 1. The molecule has 0 fully saturated rings. The molecule has 12 heavy (non-hydrogen) atoms. The minimum Gasteiger partial charge on any atom is -0.481 e. The maximum Gasteiger partial charge on any atom is 0.312 e. The van der Waals surface area contributed by atoms with Crippen molar-refractivity contribution < 1.29 is 14.3 Å². The zero-order chi connectivity index (χ0) is 9.14. The third-order valence-electron chi connectivity index (χ3n) is 1.25. The predicted molar refractivity (Wildman–Crippen MR) is 37.3 cm³/mol. The van der Waals surface area contributed by atoms with Crippen LogP contribution < -0.4 is 0 Å². The van der Waals surface area contributed by atoms with Gasteiger partial charge in [-0.2, -0.15) is 5.26 Å². The highest BCUT2D eigenvalue weighted by Gasteiger charge is 2.11. The molecular weight excluding hydrogens is 160 g/mol. The van der Waals surface area contributed by atoms with Crippen LogP contribution in [0.25, 0.3) is 0 Å². The molecule has 5 heteroatoms. The minimum absolute atomic E-state index is 0.0663. The van der Waals surface area contributed by atoms with Crippen molar-refractivity contribution in [2.45, 2.75) is 13.3 Å². The van der Waals surface area contributed by atoms with E-state index in [2.05, 4.69) is 4.98 Å². The van der Waals surface area contributed by atoms with E-state index >= 15 is 0 Å². The van der Waals surface area contributed by atoms with Gasteiger partial charge in [-0.25, -0.2) is 4.98 Å². The van der Waals surface area contributed by atoms with Crippen LogP contribution in [0.2, 0.25) is 0 Å². The van der Waals surface area contributed by atoms with E-state index in [4.69, 9.17) is 14.8 Å². The monoisotopic (exact) mass is 166 g/mol. The summed E-state index contributed by atoms with van der Waals surface area (Å²) in [6, 6.07) is 1.79. The molecule has 62 valence electrons. The van der Waals surface area contributed by atoms with Crippen LogP contribution in [0, 0.1) is 18.3 Å². The van der Waals surface area contributed by atoms with Gasteiger partial charge in [0.2, 0.25) is 5.89 Å². The van der Waals surface area contributed by atoms with Gasteiger partial charge in [-0.15, -0.1) is 0 Å². The Labute approximate surface area is 68.3 Å². The summed E-state index contributed by atoms with van der Waals surface area (Å²) in [4.78, 5) is 13.9. The van der Waals surface area contributed by atoms with Crippen molar-refractivity contribution in [2.24, 2.45) is 0 Å². The first-order valence-corrected chi connectivity index (χ1v) is 3.21. The largest absolute Gasteiger partial charge is 0.481 e. The Morgan fingerprint density at radius 1 is 1.83 bits per heavy atom. The fourth-order valence-corrected chi connectivity index (χ4v) is 0.760. The molecule has 0 aliphatic heterocycles. The lowest BCUT2D eigenvalue weighted by atomic mass is 10.4. The summed E-state index contributed by atoms with van der Waals surface area (Å²) in [6.45, 7) is 1.57. The highest BCUT2D eigenvalue weighted by molar-refractivity contribution is 5.68. The third kappa shape index (κ3) is 1.61. The quantitative estimate of drug-likeness (QED) is 0.690. The maximum absolute atomic E-state index is 10.2. The topological polar surface area (TPSA) is 87.1 Å². The first-order valence-electron chi connectivity index (χ1n) is 3.21. The van der Waals surface area contributed by atoms with Gasteiger partial charge in [-0.3, -0.25) is 4.79 Å². The summed E-state index contributed by atoms with van der Waals surface area (Å²) in [5, 5.41) is 16.8. The van der Waals surface area contributed by atoms with Crippen molar-refractivity contribution in [1.82, 2.24) is 4.98 Å². The molecule has 5 nitrogen and oxygen atoms in total. The van der Waals surface area contributed by atoms with Crippen molar-refractivity contribution in [3.8, 4) is 6.07 Å². The molecule has 0 amide bonds. The van der Waals surface area contributed by atoms with Crippen molar-refractivity contribution >= 4 is 5.97 Å². The number of nitriles is 1. The van der Waals surface area contributed by atoms with Crippen LogP contribution in [-0.4, -0.2) is 16.1 Å². The van der Waals surface area contributed by atoms with Gasteiger partial charge in [-0.05, 0) is 6.92 Å². The molecular formula is C7H6N2O3. The smallest absolute Gasteiger partial charge is 0.312 e. The van der Waals surface area contributed by atoms with E-state index in [9.17, 15) is 4.79 Å². The highest BCUT2D eigenvalue weighted by Crippen LogP contribution is 2.08. The van der Waals surface area contributed by atoms with Gasteiger partial charge in [0, 0.05) is 0 Å². The standard InChI is InChI=1S/C7H6N2O3/c1-4-5(3-8)9-6(12-4)2-7(10)11/h2H2,1H3,(H,10,11). The van der Waals surface area contributed by atoms with Gasteiger partial charge < -0.3 is 9.52 Å². The van der Waals surface area contributed by atoms with Crippen LogP contribution in [0.5, 0.6) is 0 Å². The summed E-state index contributed by atoms with van der Waals surface area (Å²) >= 11 is 0. The van der Waals surface area contributed by atoms with Crippen molar-refractivity contribution in [1.29, 1.82) is 5.26 Å². The van der Waals surface area contributed by atoms with E-state index in [0.29, 0.717) is 5.76 Å². The molecule has 0 bridgehead atoms. The molecule has 0 aromatic carbocycles. The Bertz CT molecular complexity index is 348. The first kappa shape index (κ1) is 8.27. The molecule has 0 saturated heterocycles. The Morgan fingerprint density at radius 3 is 2.92 bits per heavy atom. The molecule has 0 spiro atoms. The van der Waals surface area contributed by atoms with Crippen molar-refractivity contribution in [3.05, 3.63) is 17.3 Å². The normalized spacial score (nSPS) is 9.33. The lowest BCUT2D eigenvalue weighted by molar-refractivity contribution is -0.136. The summed E-state index contributed by atoms with van der Waals surface area (Å²) in [5.41, 5.74) is 0.145. The van der Waals surface area contributed by atoms with E-state index in [1.807, 2.05) is 0 Å². The number of nitrogens with zero attached hydrogens (tertiary/aromatic N) is 2. The number of hydrogen-bond acceptors (Lipinski definition) is 4. The van der Waals surface area contributed by atoms with E-state index in [1.165, 1.54) is 0 Å². The second-order valence-corrected chi connectivity index (χ2v) is 2.19. The van der Waals surface area contributed by atoms with Crippen LogP contribution in [0.3, 0.4) is 0 Å². The van der Waals surface area contributed by atoms with Gasteiger partial charge in [0.15, 0.2) is 5.69 Å². The summed E-state index contributed by atoms with van der Waals surface area (Å²) in [5.74, 6) is -0.606. The fraction of sp³-hybridized carbons (Fsp3) is 0.286. The molecule has 1 aromatic heterocycles. The van der Waals surface area contributed by atoms with Gasteiger partial charge in [0.05, 0.1) is 0 Å². The van der Waals surface area contributed by atoms with Crippen molar-refractivity contribution in [2.75, 3.05) is 0 Å². The third-order valence-corrected chi connectivity index (χ3v) is 1.25. The number of aliphatic carboxylic acids is 1. The summed E-state index contributed by atoms with van der Waals surface area (Å²) in [6.07, 6.45) is -0.289. The van der Waals surface area contributed by atoms with Crippen LogP contribution >= 0.6 is 0 Å². The second kappa shape index (κ2) is 3.05. The molecule has 0 aliphatic carbocycles. The molecule has 0 aliphatic rings. The van der Waals surface area contributed by atoms with Crippen LogP contribution in [0.1, 0.15) is 17.3 Å². The molecule has 0 unspecified atom stereocenters. The predicted octanol–water partition coefficient (Wildman–Crippen LogP) is 0.482. The Hall–Kier alpha value is -1.83. The average molecular weight is 166 g/mol. The van der Waals surface area contributed by atoms with E-state index in [-0.39, 0.29) is 18.0 Å². The van der Waals surface area contributed by atoms with Gasteiger partial charge >= 0.3 is 5.97 Å². The average Bonchev–Trinajstić information content (AvgIpc) is 2.29. The second-order valence-electron chi connectivity index (χ2n) is 2.19. The Morgan fingerprint density at radius 2 is 2.50 bits per heavy atom. The number of carboxylic acids is 1. The van der Waals surface area contributed by atoms with Crippen LogP contribution in [0.4, 0.5) is 0 Å². The molecule has 1 N–H and O–H groups in total. The van der Waals surface area contributed by atoms with Crippen LogP contribution in [-0.2, 0) is 11.2 Å². The number of oxazole rings is 1. The van der Waals surface area contributed by atoms with Gasteiger partial charge in [0.1, 0.15) is 18.3 Å². The zero-order valence-corrected chi connectivity index (χ0v) is 6.37. The number of rotatable bonds is 2. The van der Waals surface area contributed by atoms with Gasteiger partial charge in [0.25, 0.3) is 0 Å². The molecule has 0 saturated carbocycles. The van der Waals surface area contributed by atoms with E-state index in [1.54, 1.807) is 13.0 Å². The minimum atomic E-state index is -1.03. The first-order chi connectivity index (χ1) is 5.63. The van der Waals surface area contributed by atoms with Gasteiger partial charge in [-0.1, -0.05) is 0 Å².